The zero-order valence-electron chi connectivity index (χ0n) is 21.2. The van der Waals surface area contributed by atoms with E-state index in [-0.39, 0.29) is 17.8 Å². The van der Waals surface area contributed by atoms with Crippen LogP contribution in [0.2, 0.25) is 0 Å². The third kappa shape index (κ3) is 5.55. The Labute approximate surface area is 208 Å². The number of rotatable bonds is 8. The van der Waals surface area contributed by atoms with Crippen LogP contribution in [0, 0.1) is 11.3 Å². The van der Waals surface area contributed by atoms with E-state index in [1.807, 2.05) is 61.5 Å². The lowest BCUT2D eigenvalue weighted by atomic mass is 9.63. The molecule has 35 heavy (non-hydrogen) atoms. The first kappa shape index (κ1) is 24.9. The highest BCUT2D eigenvalue weighted by Crippen LogP contribution is 2.48. The number of allylic oxidation sites excluding steroid dienone is 1. The molecule has 1 aliphatic carbocycles. The van der Waals surface area contributed by atoms with Crippen molar-refractivity contribution < 1.29 is 19.1 Å². The molecule has 5 nitrogen and oxygen atoms in total. The Morgan fingerprint density at radius 3 is 2.49 bits per heavy atom. The lowest BCUT2D eigenvalue weighted by Gasteiger charge is -2.41. The molecule has 0 bridgehead atoms. The number of nitrogens with zero attached hydrogens (tertiary/aromatic N) is 1. The number of fused-ring (bicyclic) bond motifs is 1. The van der Waals surface area contributed by atoms with Gasteiger partial charge in [-0.25, -0.2) is 4.79 Å². The average Bonchev–Trinajstić information content (AvgIpc) is 2.82. The number of carbonyl (C=O) groups excluding carboxylic acids is 2. The standard InChI is InChI=1S/C30H35NO4/c1-5-6-16-34-25-15-11-10-14-22(25)27-26(29(33)35-19-21-12-8-7-9-13-21)20(2)31-23-17-30(3,4)18-24(32)28(23)27/h7-15,27-28H,5-6,16-19H2,1-4H3/t27-,28?/m0/s1. The normalized spacial score (nSPS) is 21.3. The number of aliphatic imine (C=N–C) groups is 1. The van der Waals surface area contributed by atoms with Crippen molar-refractivity contribution in [1.82, 2.24) is 0 Å². The summed E-state index contributed by atoms with van der Waals surface area (Å²) in [5.41, 5.74) is 3.54. The summed E-state index contributed by atoms with van der Waals surface area (Å²) in [6.07, 6.45) is 3.14. The summed E-state index contributed by atoms with van der Waals surface area (Å²) >= 11 is 0. The summed E-state index contributed by atoms with van der Waals surface area (Å²) in [5, 5.41) is 0. The Hall–Kier alpha value is -3.21. The van der Waals surface area contributed by atoms with Gasteiger partial charge in [-0.05, 0) is 36.8 Å². The molecule has 1 heterocycles. The molecule has 0 amide bonds. The van der Waals surface area contributed by atoms with Crippen molar-refractivity contribution in [1.29, 1.82) is 0 Å². The quantitative estimate of drug-likeness (QED) is 0.327. The van der Waals surface area contributed by atoms with Gasteiger partial charge in [0.05, 0.1) is 18.1 Å². The molecule has 0 radical (unpaired) electrons. The minimum atomic E-state index is -0.484. The summed E-state index contributed by atoms with van der Waals surface area (Å²) in [7, 11) is 0. The summed E-state index contributed by atoms with van der Waals surface area (Å²) in [6, 6.07) is 17.4. The van der Waals surface area contributed by atoms with Crippen molar-refractivity contribution in [3.8, 4) is 5.75 Å². The molecule has 2 aromatic carbocycles. The Kier molecular flexibility index (Phi) is 7.54. The second kappa shape index (κ2) is 10.6. The van der Waals surface area contributed by atoms with E-state index in [0.29, 0.717) is 30.0 Å². The van der Waals surface area contributed by atoms with Crippen molar-refractivity contribution in [3.05, 3.63) is 77.0 Å². The van der Waals surface area contributed by atoms with Crippen LogP contribution in [0.5, 0.6) is 5.75 Å². The maximum Gasteiger partial charge on any atom is 0.336 e. The second-order valence-electron chi connectivity index (χ2n) is 10.3. The molecular weight excluding hydrogens is 438 g/mol. The molecule has 0 N–H and O–H groups in total. The number of ketones is 1. The van der Waals surface area contributed by atoms with Gasteiger partial charge in [0.2, 0.25) is 0 Å². The highest BCUT2D eigenvalue weighted by molar-refractivity contribution is 6.12. The molecule has 1 aliphatic heterocycles. The monoisotopic (exact) mass is 473 g/mol. The molecule has 184 valence electrons. The molecule has 0 saturated heterocycles. The van der Waals surface area contributed by atoms with Gasteiger partial charge in [0.15, 0.2) is 0 Å². The Morgan fingerprint density at radius 1 is 1.03 bits per heavy atom. The summed E-state index contributed by atoms with van der Waals surface area (Å²) in [4.78, 5) is 31.9. The van der Waals surface area contributed by atoms with Crippen molar-refractivity contribution in [3.63, 3.8) is 0 Å². The predicted octanol–water partition coefficient (Wildman–Crippen LogP) is 6.43. The van der Waals surface area contributed by atoms with Gasteiger partial charge >= 0.3 is 5.97 Å². The Morgan fingerprint density at radius 2 is 1.74 bits per heavy atom. The van der Waals surface area contributed by atoms with Crippen molar-refractivity contribution in [2.45, 2.75) is 65.9 Å². The molecule has 1 saturated carbocycles. The van der Waals surface area contributed by atoms with Crippen LogP contribution in [-0.2, 0) is 20.9 Å². The average molecular weight is 474 g/mol. The van der Waals surface area contributed by atoms with E-state index in [4.69, 9.17) is 14.5 Å². The minimum absolute atomic E-state index is 0.120. The van der Waals surface area contributed by atoms with E-state index in [2.05, 4.69) is 20.8 Å². The van der Waals surface area contributed by atoms with Gasteiger partial charge in [-0.3, -0.25) is 9.79 Å². The first-order chi connectivity index (χ1) is 16.8. The van der Waals surface area contributed by atoms with Crippen LogP contribution < -0.4 is 4.74 Å². The Bertz CT molecular complexity index is 1150. The van der Waals surface area contributed by atoms with E-state index < -0.39 is 17.8 Å². The SMILES string of the molecule is CCCCOc1ccccc1[C@H]1C(C(=O)OCc2ccccc2)=C(C)N=C2CC(C)(C)CC(=O)C21. The Balaban J connectivity index is 1.75. The zero-order chi connectivity index (χ0) is 25.0. The third-order valence-corrected chi connectivity index (χ3v) is 6.81. The highest BCUT2D eigenvalue weighted by Gasteiger charge is 2.48. The predicted molar refractivity (Wildman–Crippen MR) is 137 cm³/mol. The van der Waals surface area contributed by atoms with E-state index >= 15 is 0 Å². The van der Waals surface area contributed by atoms with Gasteiger partial charge in [0, 0.05) is 29.3 Å². The number of esters is 1. The second-order valence-corrected chi connectivity index (χ2v) is 10.3. The number of para-hydroxylation sites is 1. The maximum absolute atomic E-state index is 13.6. The maximum atomic E-state index is 13.6. The van der Waals surface area contributed by atoms with E-state index in [9.17, 15) is 9.59 Å². The fourth-order valence-corrected chi connectivity index (χ4v) is 5.19. The zero-order valence-corrected chi connectivity index (χ0v) is 21.2. The lowest BCUT2D eigenvalue weighted by molar-refractivity contribution is -0.140. The number of Topliss-reactive ketones (excluding diaryl/α,β-unsaturated/α-hetero) is 1. The number of hydrogen-bond acceptors (Lipinski definition) is 5. The smallest absolute Gasteiger partial charge is 0.336 e. The summed E-state index contributed by atoms with van der Waals surface area (Å²) < 4.78 is 11.9. The first-order valence-electron chi connectivity index (χ1n) is 12.5. The molecule has 4 rings (SSSR count). The van der Waals surface area contributed by atoms with Crippen LogP contribution in [0.25, 0.3) is 0 Å². The molecular formula is C30H35NO4. The van der Waals surface area contributed by atoms with Gasteiger partial charge in [-0.2, -0.15) is 0 Å². The molecule has 2 aliphatic rings. The molecule has 2 aromatic rings. The summed E-state index contributed by atoms with van der Waals surface area (Å²) in [5.74, 6) is -0.561. The van der Waals surface area contributed by atoms with Crippen molar-refractivity contribution in [2.24, 2.45) is 16.3 Å². The van der Waals surface area contributed by atoms with Gasteiger partial charge in [-0.1, -0.05) is 75.7 Å². The first-order valence-corrected chi connectivity index (χ1v) is 12.5. The highest BCUT2D eigenvalue weighted by atomic mass is 16.5. The minimum Gasteiger partial charge on any atom is -0.493 e. The van der Waals surface area contributed by atoms with Gasteiger partial charge in [0.25, 0.3) is 0 Å². The largest absolute Gasteiger partial charge is 0.493 e. The number of unbranched alkanes of at least 4 members (excludes halogenated alkanes) is 1. The molecule has 0 spiro atoms. The lowest BCUT2D eigenvalue weighted by Crippen LogP contribution is -2.44. The van der Waals surface area contributed by atoms with Crippen LogP contribution in [0.1, 0.15) is 70.4 Å². The number of ether oxygens (including phenoxy) is 2. The van der Waals surface area contributed by atoms with Crippen LogP contribution >= 0.6 is 0 Å². The number of benzene rings is 2. The van der Waals surface area contributed by atoms with E-state index in [1.165, 1.54) is 0 Å². The van der Waals surface area contributed by atoms with Gasteiger partial charge < -0.3 is 9.47 Å². The number of carbonyl (C=O) groups is 2. The molecule has 0 aromatic heterocycles. The van der Waals surface area contributed by atoms with Crippen LogP contribution in [0.15, 0.2) is 70.9 Å². The van der Waals surface area contributed by atoms with Crippen LogP contribution in [0.4, 0.5) is 0 Å². The van der Waals surface area contributed by atoms with Gasteiger partial charge in [-0.15, -0.1) is 0 Å². The fourth-order valence-electron chi connectivity index (χ4n) is 5.19. The third-order valence-electron chi connectivity index (χ3n) is 6.81. The molecule has 2 atom stereocenters. The fraction of sp³-hybridized carbons (Fsp3) is 0.433. The van der Waals surface area contributed by atoms with Crippen LogP contribution in [-0.4, -0.2) is 24.1 Å². The number of hydrogen-bond donors (Lipinski definition) is 0. The van der Waals surface area contributed by atoms with Gasteiger partial charge in [0.1, 0.15) is 18.1 Å². The van der Waals surface area contributed by atoms with Crippen LogP contribution in [0.3, 0.4) is 0 Å². The van der Waals surface area contributed by atoms with Crippen molar-refractivity contribution in [2.75, 3.05) is 6.61 Å². The molecule has 1 unspecified atom stereocenters. The van der Waals surface area contributed by atoms with E-state index in [0.717, 1.165) is 36.1 Å². The summed E-state index contributed by atoms with van der Waals surface area (Å²) in [6.45, 7) is 8.92. The van der Waals surface area contributed by atoms with Crippen molar-refractivity contribution >= 4 is 17.5 Å². The molecule has 5 heteroatoms. The molecule has 1 fully saturated rings. The topological polar surface area (TPSA) is 65.0 Å². The van der Waals surface area contributed by atoms with E-state index in [1.54, 1.807) is 0 Å².